The number of rotatable bonds is 14. The molecule has 7 heteroatoms. The van der Waals surface area contributed by atoms with Gasteiger partial charge in [-0.25, -0.2) is 0 Å². The highest BCUT2D eigenvalue weighted by molar-refractivity contribution is 6.01. The monoisotopic (exact) mass is 663 g/mol. The molecule has 0 aromatic heterocycles. The molecule has 6 aromatic carbocycles. The Bertz CT molecular complexity index is 1950. The van der Waals surface area contributed by atoms with Crippen LogP contribution >= 0.6 is 0 Å². The number of ether oxygens (including phenoxy) is 4. The average Bonchev–Trinajstić information content (AvgIpc) is 3.15. The maximum Gasteiger partial charge on any atom is 0.119 e. The summed E-state index contributed by atoms with van der Waals surface area (Å²) in [5.74, 6) is 3.17. The minimum absolute atomic E-state index is 0.576. The number of nitrogens with zero attached hydrogens (tertiary/aromatic N) is 3. The molecule has 0 unspecified atom stereocenters. The van der Waals surface area contributed by atoms with Crippen LogP contribution in [0.4, 0.5) is 34.1 Å². The number of fused-ring (bicyclic) bond motifs is 1. The summed E-state index contributed by atoms with van der Waals surface area (Å²) >= 11 is 0. The molecule has 0 amide bonds. The van der Waals surface area contributed by atoms with E-state index < -0.39 is 0 Å². The Labute approximate surface area is 294 Å². The zero-order valence-corrected chi connectivity index (χ0v) is 28.9. The Morgan fingerprint density at radius 2 is 0.800 bits per heavy atom. The lowest BCUT2D eigenvalue weighted by atomic mass is 10.0. The van der Waals surface area contributed by atoms with Crippen molar-refractivity contribution < 1.29 is 18.9 Å². The minimum Gasteiger partial charge on any atom is -0.494 e. The molecule has 0 radical (unpaired) electrons. The van der Waals surface area contributed by atoms with E-state index >= 15 is 0 Å². The van der Waals surface area contributed by atoms with Gasteiger partial charge in [0.15, 0.2) is 0 Å². The molecule has 50 heavy (non-hydrogen) atoms. The van der Waals surface area contributed by atoms with Crippen molar-refractivity contribution in [1.29, 1.82) is 5.26 Å². The van der Waals surface area contributed by atoms with E-state index in [1.807, 2.05) is 88.4 Å². The quantitative estimate of drug-likeness (QED) is 0.115. The third-order valence-electron chi connectivity index (χ3n) is 8.20. The van der Waals surface area contributed by atoms with Gasteiger partial charge in [-0.2, -0.15) is 5.26 Å². The number of hydrogen-bond donors (Lipinski definition) is 0. The van der Waals surface area contributed by atoms with Crippen molar-refractivity contribution in [3.8, 4) is 29.1 Å². The van der Waals surface area contributed by atoms with Crippen LogP contribution in [0.3, 0.4) is 0 Å². The first-order valence-electron chi connectivity index (χ1n) is 17.0. The van der Waals surface area contributed by atoms with Gasteiger partial charge in [0.2, 0.25) is 0 Å². The van der Waals surface area contributed by atoms with Crippen LogP contribution in [-0.4, -0.2) is 26.4 Å². The van der Waals surface area contributed by atoms with Crippen molar-refractivity contribution in [2.45, 2.75) is 27.7 Å². The fourth-order valence-corrected chi connectivity index (χ4v) is 6.04. The van der Waals surface area contributed by atoms with E-state index in [9.17, 15) is 5.26 Å². The summed E-state index contributed by atoms with van der Waals surface area (Å²) in [6.45, 7) is 10.2. The van der Waals surface area contributed by atoms with Crippen molar-refractivity contribution in [3.05, 3.63) is 133 Å². The summed E-state index contributed by atoms with van der Waals surface area (Å²) in [6, 6.07) is 45.0. The lowest BCUT2D eigenvalue weighted by molar-refractivity contribution is 0.340. The summed E-state index contributed by atoms with van der Waals surface area (Å²) in [7, 11) is 0. The molecule has 0 N–H and O–H groups in total. The van der Waals surface area contributed by atoms with Crippen molar-refractivity contribution in [2.75, 3.05) is 36.2 Å². The smallest absolute Gasteiger partial charge is 0.119 e. The number of anilines is 6. The van der Waals surface area contributed by atoms with E-state index in [4.69, 9.17) is 18.9 Å². The Morgan fingerprint density at radius 3 is 1.12 bits per heavy atom. The topological polar surface area (TPSA) is 67.2 Å². The maximum absolute atomic E-state index is 10.2. The van der Waals surface area contributed by atoms with Gasteiger partial charge in [0.25, 0.3) is 0 Å². The summed E-state index contributed by atoms with van der Waals surface area (Å²) in [5, 5.41) is 12.0. The normalized spacial score (nSPS) is 10.7. The number of benzene rings is 6. The number of hydrogen-bond acceptors (Lipinski definition) is 7. The molecule has 0 spiro atoms. The third-order valence-corrected chi connectivity index (χ3v) is 8.20. The second kappa shape index (κ2) is 15.8. The van der Waals surface area contributed by atoms with Crippen LogP contribution in [0.25, 0.3) is 10.8 Å². The Morgan fingerprint density at radius 1 is 0.460 bits per heavy atom. The van der Waals surface area contributed by atoms with Gasteiger partial charge in [0.1, 0.15) is 23.0 Å². The maximum atomic E-state index is 10.2. The van der Waals surface area contributed by atoms with Crippen molar-refractivity contribution >= 4 is 44.9 Å². The summed E-state index contributed by atoms with van der Waals surface area (Å²) in [4.78, 5) is 4.44. The molecule has 0 aliphatic rings. The van der Waals surface area contributed by atoms with Gasteiger partial charge in [-0.05, 0) is 148 Å². The molecule has 0 bridgehead atoms. The summed E-state index contributed by atoms with van der Waals surface area (Å²) < 4.78 is 23.3. The molecular formula is C43H41N3O4. The zero-order chi connectivity index (χ0) is 34.9. The van der Waals surface area contributed by atoms with Crippen LogP contribution in [0.15, 0.2) is 127 Å². The highest BCUT2D eigenvalue weighted by atomic mass is 16.5. The van der Waals surface area contributed by atoms with Crippen molar-refractivity contribution in [1.82, 2.24) is 0 Å². The van der Waals surface area contributed by atoms with E-state index in [-0.39, 0.29) is 0 Å². The van der Waals surface area contributed by atoms with Crippen LogP contribution in [0.2, 0.25) is 0 Å². The third kappa shape index (κ3) is 7.30. The van der Waals surface area contributed by atoms with Gasteiger partial charge in [-0.1, -0.05) is 12.1 Å². The fourth-order valence-electron chi connectivity index (χ4n) is 6.04. The lowest BCUT2D eigenvalue weighted by Crippen LogP contribution is -2.17. The molecule has 0 atom stereocenters. The van der Waals surface area contributed by atoms with E-state index in [2.05, 4.69) is 82.6 Å². The molecule has 0 saturated carbocycles. The van der Waals surface area contributed by atoms with Crippen LogP contribution in [-0.2, 0) is 0 Å². The molecule has 6 aromatic rings. The average molecular weight is 664 g/mol. The Balaban J connectivity index is 1.65. The molecule has 0 fully saturated rings. The van der Waals surface area contributed by atoms with Gasteiger partial charge in [-0.3, -0.25) is 0 Å². The second-order valence-electron chi connectivity index (χ2n) is 11.4. The molecule has 0 aliphatic heterocycles. The Hall–Kier alpha value is -6.13. The van der Waals surface area contributed by atoms with Gasteiger partial charge in [0.05, 0.1) is 49.4 Å². The molecule has 0 heterocycles. The zero-order valence-electron chi connectivity index (χ0n) is 28.9. The van der Waals surface area contributed by atoms with Crippen LogP contribution in [0.5, 0.6) is 23.0 Å². The highest BCUT2D eigenvalue weighted by Crippen LogP contribution is 2.48. The van der Waals surface area contributed by atoms with Gasteiger partial charge < -0.3 is 28.7 Å². The largest absolute Gasteiger partial charge is 0.494 e. The Kier molecular flexibility index (Phi) is 10.7. The van der Waals surface area contributed by atoms with Crippen molar-refractivity contribution in [2.24, 2.45) is 0 Å². The minimum atomic E-state index is 0.576. The van der Waals surface area contributed by atoms with E-state index in [0.29, 0.717) is 32.0 Å². The SMILES string of the molecule is CCOc1ccc(N(c2ccc(OCC)cc2)c2cc3cccc(C#N)c3cc2N(c2ccc(OCC)cc2)c2ccc(OCC)cc2)cc1. The molecule has 0 aliphatic carbocycles. The first kappa shape index (κ1) is 33.8. The van der Waals surface area contributed by atoms with E-state index in [0.717, 1.165) is 67.9 Å². The van der Waals surface area contributed by atoms with E-state index in [1.165, 1.54) is 0 Å². The highest BCUT2D eigenvalue weighted by Gasteiger charge is 2.24. The standard InChI is InChI=1S/C43H41N3O4/c1-5-47-37-20-12-33(13-21-37)45(34-14-22-38(23-15-34)48-6-2)42-28-31-10-9-11-32(30-44)41(31)29-43(42)46(35-16-24-39(25-17-35)49-7-3)36-18-26-40(27-19-36)50-8-4/h9-29H,5-8H2,1-4H3. The van der Waals surface area contributed by atoms with Crippen LogP contribution in [0, 0.1) is 11.3 Å². The molecule has 0 saturated heterocycles. The first-order chi connectivity index (χ1) is 24.6. The summed E-state index contributed by atoms with van der Waals surface area (Å²) in [5.41, 5.74) is 6.10. The predicted molar refractivity (Wildman–Crippen MR) is 203 cm³/mol. The molecule has 7 nitrogen and oxygen atoms in total. The molecular weight excluding hydrogens is 622 g/mol. The van der Waals surface area contributed by atoms with Crippen LogP contribution < -0.4 is 28.7 Å². The van der Waals surface area contributed by atoms with Crippen LogP contribution in [0.1, 0.15) is 33.3 Å². The van der Waals surface area contributed by atoms with E-state index in [1.54, 1.807) is 0 Å². The first-order valence-corrected chi connectivity index (χ1v) is 17.0. The van der Waals surface area contributed by atoms with Gasteiger partial charge in [0, 0.05) is 28.1 Å². The second-order valence-corrected chi connectivity index (χ2v) is 11.4. The van der Waals surface area contributed by atoms with Crippen molar-refractivity contribution in [3.63, 3.8) is 0 Å². The summed E-state index contributed by atoms with van der Waals surface area (Å²) in [6.07, 6.45) is 0. The van der Waals surface area contributed by atoms with Gasteiger partial charge >= 0.3 is 0 Å². The predicted octanol–water partition coefficient (Wildman–Crippen LogP) is 11.2. The lowest BCUT2D eigenvalue weighted by Gasteiger charge is -2.34. The molecule has 252 valence electrons. The fraction of sp³-hybridized carbons (Fsp3) is 0.186. The van der Waals surface area contributed by atoms with Gasteiger partial charge in [-0.15, -0.1) is 0 Å². The number of nitriles is 1. The molecule has 6 rings (SSSR count).